The van der Waals surface area contributed by atoms with Crippen LogP contribution >= 0.6 is 0 Å². The molecule has 0 aliphatic heterocycles. The summed E-state index contributed by atoms with van der Waals surface area (Å²) < 4.78 is 76.9. The summed E-state index contributed by atoms with van der Waals surface area (Å²) in [6.07, 6.45) is -10.3. The van der Waals surface area contributed by atoms with Gasteiger partial charge in [-0.3, -0.25) is 9.59 Å². The summed E-state index contributed by atoms with van der Waals surface area (Å²) in [5, 5.41) is 2.26. The first-order chi connectivity index (χ1) is 11.8. The van der Waals surface area contributed by atoms with E-state index in [9.17, 15) is 35.9 Å². The molecule has 0 fully saturated rings. The molecular formula is C16H18F6N2O2. The first-order valence-electron chi connectivity index (χ1n) is 7.62. The second-order valence-corrected chi connectivity index (χ2v) is 5.92. The van der Waals surface area contributed by atoms with Gasteiger partial charge in [0.15, 0.2) is 0 Å². The summed E-state index contributed by atoms with van der Waals surface area (Å²) in [7, 11) is 0. The SMILES string of the molecule is CC[C@H](C)[C@H](NC(=O)Cc1cc(C(F)(F)F)cc(C(F)(F)F)c1)C(N)=O. The molecule has 0 unspecified atom stereocenters. The molecule has 0 radical (unpaired) electrons. The zero-order chi connectivity index (χ0) is 20.3. The van der Waals surface area contributed by atoms with Crippen molar-refractivity contribution < 1.29 is 35.9 Å². The van der Waals surface area contributed by atoms with E-state index in [2.05, 4.69) is 5.32 Å². The van der Waals surface area contributed by atoms with Crippen LogP contribution in [-0.4, -0.2) is 17.9 Å². The van der Waals surface area contributed by atoms with Gasteiger partial charge in [0.25, 0.3) is 0 Å². The third-order valence-corrected chi connectivity index (χ3v) is 3.85. The fourth-order valence-electron chi connectivity index (χ4n) is 2.26. The first kappa shape index (κ1) is 21.8. The van der Waals surface area contributed by atoms with Crippen LogP contribution in [0.15, 0.2) is 18.2 Å². The van der Waals surface area contributed by atoms with Gasteiger partial charge in [0, 0.05) is 0 Å². The Morgan fingerprint density at radius 2 is 1.50 bits per heavy atom. The van der Waals surface area contributed by atoms with Gasteiger partial charge in [-0.25, -0.2) is 0 Å². The summed E-state index contributed by atoms with van der Waals surface area (Å²) >= 11 is 0. The Labute approximate surface area is 145 Å². The monoisotopic (exact) mass is 384 g/mol. The van der Waals surface area contributed by atoms with E-state index in [0.717, 1.165) is 0 Å². The molecule has 1 aromatic rings. The molecule has 26 heavy (non-hydrogen) atoms. The third-order valence-electron chi connectivity index (χ3n) is 3.85. The van der Waals surface area contributed by atoms with E-state index in [1.54, 1.807) is 13.8 Å². The van der Waals surface area contributed by atoms with Crippen LogP contribution in [0.1, 0.15) is 37.0 Å². The molecule has 146 valence electrons. The average Bonchev–Trinajstić information content (AvgIpc) is 2.49. The van der Waals surface area contributed by atoms with Gasteiger partial charge >= 0.3 is 12.4 Å². The number of alkyl halides is 6. The van der Waals surface area contributed by atoms with Gasteiger partial charge in [-0.05, 0) is 29.7 Å². The van der Waals surface area contributed by atoms with Crippen molar-refractivity contribution in [2.24, 2.45) is 11.7 Å². The van der Waals surface area contributed by atoms with Gasteiger partial charge in [-0.2, -0.15) is 26.3 Å². The molecule has 0 spiro atoms. The van der Waals surface area contributed by atoms with Crippen LogP contribution in [0.2, 0.25) is 0 Å². The van der Waals surface area contributed by atoms with E-state index in [4.69, 9.17) is 5.73 Å². The fourth-order valence-corrected chi connectivity index (χ4v) is 2.26. The van der Waals surface area contributed by atoms with Gasteiger partial charge in [-0.15, -0.1) is 0 Å². The van der Waals surface area contributed by atoms with Crippen molar-refractivity contribution >= 4 is 11.8 Å². The molecular weight excluding hydrogens is 366 g/mol. The van der Waals surface area contributed by atoms with Crippen LogP contribution in [0.5, 0.6) is 0 Å². The minimum absolute atomic E-state index is 0.0211. The van der Waals surface area contributed by atoms with E-state index in [-0.39, 0.29) is 12.0 Å². The van der Waals surface area contributed by atoms with E-state index in [0.29, 0.717) is 18.6 Å². The molecule has 0 heterocycles. The summed E-state index contributed by atoms with van der Waals surface area (Å²) in [6, 6.07) is -0.151. The number of hydrogen-bond acceptors (Lipinski definition) is 2. The van der Waals surface area contributed by atoms with Crippen LogP contribution < -0.4 is 11.1 Å². The maximum atomic E-state index is 12.8. The summed E-state index contributed by atoms with van der Waals surface area (Å²) in [6.45, 7) is 3.36. The number of primary amides is 1. The predicted molar refractivity (Wildman–Crippen MR) is 80.7 cm³/mol. The quantitative estimate of drug-likeness (QED) is 0.739. The molecule has 2 amide bonds. The highest BCUT2D eigenvalue weighted by Gasteiger charge is 2.37. The Hall–Kier alpha value is -2.26. The number of amides is 2. The standard InChI is InChI=1S/C16H18F6N2O2/c1-3-8(2)13(14(23)26)24-12(25)6-9-4-10(15(17,18)19)7-11(5-9)16(20,21)22/h4-5,7-8,13H,3,6H2,1-2H3,(H2,23,26)(H,24,25)/t8-,13-/m0/s1. The van der Waals surface area contributed by atoms with Crippen molar-refractivity contribution in [1.82, 2.24) is 5.32 Å². The highest BCUT2D eigenvalue weighted by molar-refractivity contribution is 5.87. The number of nitrogens with two attached hydrogens (primary N) is 1. The second kappa shape index (κ2) is 7.96. The van der Waals surface area contributed by atoms with Crippen LogP contribution in [0.4, 0.5) is 26.3 Å². The number of rotatable bonds is 6. The first-order valence-corrected chi connectivity index (χ1v) is 7.62. The molecule has 10 heteroatoms. The van der Waals surface area contributed by atoms with Crippen molar-refractivity contribution in [3.63, 3.8) is 0 Å². The molecule has 0 aromatic heterocycles. The van der Waals surface area contributed by atoms with E-state index in [1.165, 1.54) is 0 Å². The third kappa shape index (κ3) is 5.92. The maximum Gasteiger partial charge on any atom is 0.416 e. The van der Waals surface area contributed by atoms with E-state index >= 15 is 0 Å². The molecule has 0 saturated heterocycles. The van der Waals surface area contributed by atoms with Gasteiger partial charge in [-0.1, -0.05) is 20.3 Å². The van der Waals surface area contributed by atoms with Crippen LogP contribution in [0.3, 0.4) is 0 Å². The van der Waals surface area contributed by atoms with Crippen LogP contribution in [-0.2, 0) is 28.4 Å². The summed E-state index contributed by atoms with van der Waals surface area (Å²) in [5.41, 5.74) is 1.67. The van der Waals surface area contributed by atoms with E-state index < -0.39 is 53.3 Å². The number of nitrogens with one attached hydrogen (secondary N) is 1. The Balaban J connectivity index is 3.11. The number of carbonyl (C=O) groups is 2. The lowest BCUT2D eigenvalue weighted by molar-refractivity contribution is -0.143. The zero-order valence-electron chi connectivity index (χ0n) is 14.0. The lowest BCUT2D eigenvalue weighted by Gasteiger charge is -2.21. The second-order valence-electron chi connectivity index (χ2n) is 5.92. The molecule has 1 aromatic carbocycles. The molecule has 0 aliphatic rings. The van der Waals surface area contributed by atoms with Gasteiger partial charge in [0.1, 0.15) is 6.04 Å². The van der Waals surface area contributed by atoms with Gasteiger partial charge in [0.2, 0.25) is 11.8 Å². The zero-order valence-corrected chi connectivity index (χ0v) is 14.0. The van der Waals surface area contributed by atoms with Gasteiger partial charge in [0.05, 0.1) is 17.5 Å². The molecule has 0 saturated carbocycles. The minimum Gasteiger partial charge on any atom is -0.368 e. The summed E-state index contributed by atoms with van der Waals surface area (Å²) in [5.74, 6) is -2.09. The predicted octanol–water partition coefficient (Wildman–Crippen LogP) is 3.28. The normalized spacial score (nSPS) is 14.6. The van der Waals surface area contributed by atoms with Crippen molar-refractivity contribution in [3.05, 3.63) is 34.9 Å². The maximum absolute atomic E-state index is 12.8. The van der Waals surface area contributed by atoms with Crippen molar-refractivity contribution in [2.75, 3.05) is 0 Å². The summed E-state index contributed by atoms with van der Waals surface area (Å²) in [4.78, 5) is 23.4. The lowest BCUT2D eigenvalue weighted by Crippen LogP contribution is -2.48. The molecule has 1 rings (SSSR count). The molecule has 0 bridgehead atoms. The van der Waals surface area contributed by atoms with E-state index in [1.807, 2.05) is 0 Å². The number of carbonyl (C=O) groups excluding carboxylic acids is 2. The van der Waals surface area contributed by atoms with Crippen molar-refractivity contribution in [2.45, 2.75) is 45.1 Å². The average molecular weight is 384 g/mol. The Morgan fingerprint density at radius 3 is 1.85 bits per heavy atom. The number of hydrogen-bond donors (Lipinski definition) is 2. The highest BCUT2D eigenvalue weighted by atomic mass is 19.4. The molecule has 2 atom stereocenters. The Morgan fingerprint density at radius 1 is 1.04 bits per heavy atom. The van der Waals surface area contributed by atoms with Gasteiger partial charge < -0.3 is 11.1 Å². The Kier molecular flexibility index (Phi) is 6.67. The molecule has 4 nitrogen and oxygen atoms in total. The number of halogens is 6. The van der Waals surface area contributed by atoms with Crippen molar-refractivity contribution in [3.8, 4) is 0 Å². The highest BCUT2D eigenvalue weighted by Crippen LogP contribution is 2.36. The van der Waals surface area contributed by atoms with Crippen molar-refractivity contribution in [1.29, 1.82) is 0 Å². The van der Waals surface area contributed by atoms with Crippen LogP contribution in [0, 0.1) is 5.92 Å². The number of benzene rings is 1. The lowest BCUT2D eigenvalue weighted by atomic mass is 9.97. The largest absolute Gasteiger partial charge is 0.416 e. The smallest absolute Gasteiger partial charge is 0.368 e. The topological polar surface area (TPSA) is 72.2 Å². The molecule has 0 aliphatic carbocycles. The molecule has 3 N–H and O–H groups in total. The minimum atomic E-state index is -5.00. The fraction of sp³-hybridized carbons (Fsp3) is 0.500. The van der Waals surface area contributed by atoms with Crippen LogP contribution in [0.25, 0.3) is 0 Å². The Bertz CT molecular complexity index is 637.